The van der Waals surface area contributed by atoms with Crippen LogP contribution in [0.25, 0.3) is 6.08 Å². The van der Waals surface area contributed by atoms with E-state index < -0.39 is 0 Å². The van der Waals surface area contributed by atoms with E-state index in [0.717, 1.165) is 28.2 Å². The van der Waals surface area contributed by atoms with E-state index in [4.69, 9.17) is 11.6 Å². The first kappa shape index (κ1) is 17.7. The van der Waals surface area contributed by atoms with Crippen LogP contribution in [0.2, 0.25) is 5.02 Å². The van der Waals surface area contributed by atoms with Crippen LogP contribution >= 0.6 is 34.7 Å². The molecule has 1 aromatic carbocycles. The zero-order valence-electron chi connectivity index (χ0n) is 13.4. The first-order chi connectivity index (χ1) is 12.2. The van der Waals surface area contributed by atoms with Crippen LogP contribution in [0, 0.1) is 11.3 Å². The predicted octanol–water partition coefficient (Wildman–Crippen LogP) is 5.26. The number of allylic oxidation sites excluding steroid dienone is 1. The van der Waals surface area contributed by atoms with Crippen molar-refractivity contribution in [3.63, 3.8) is 0 Å². The summed E-state index contributed by atoms with van der Waals surface area (Å²) < 4.78 is 1.09. The minimum absolute atomic E-state index is 0.175. The van der Waals surface area contributed by atoms with Gasteiger partial charge in [0, 0.05) is 5.56 Å². The topological polar surface area (TPSA) is 65.2 Å². The molecule has 1 N–H and O–H groups in total. The van der Waals surface area contributed by atoms with Gasteiger partial charge in [-0.1, -0.05) is 35.9 Å². The van der Waals surface area contributed by atoms with Crippen LogP contribution < -0.4 is 5.43 Å². The fraction of sp³-hybridized carbons (Fsp3) is 0.167. The molecule has 0 unspecified atom stereocenters. The number of carbonyl (C=O) groups excluding carboxylic acids is 1. The Kier molecular flexibility index (Phi) is 5.59. The van der Waals surface area contributed by atoms with E-state index in [1.807, 2.05) is 12.3 Å². The molecule has 0 radical (unpaired) electrons. The summed E-state index contributed by atoms with van der Waals surface area (Å²) in [6, 6.07) is 8.93. The Hall–Kier alpha value is -2.07. The van der Waals surface area contributed by atoms with Crippen molar-refractivity contribution < 1.29 is 4.79 Å². The number of hydrazone groups is 1. The number of nitrogens with one attached hydrogen (secondary N) is 1. The predicted molar refractivity (Wildman–Crippen MR) is 106 cm³/mol. The molecule has 3 rings (SSSR count). The highest BCUT2D eigenvalue weighted by atomic mass is 35.5. The van der Waals surface area contributed by atoms with E-state index in [-0.39, 0.29) is 11.5 Å². The molecule has 0 saturated carbocycles. The fourth-order valence-corrected chi connectivity index (χ4v) is 4.72. The van der Waals surface area contributed by atoms with Gasteiger partial charge in [-0.3, -0.25) is 10.2 Å². The molecule has 1 aliphatic carbocycles. The molecular weight excluding hydrogens is 374 g/mol. The van der Waals surface area contributed by atoms with Gasteiger partial charge in [-0.15, -0.1) is 23.1 Å². The molecule has 1 aliphatic rings. The summed E-state index contributed by atoms with van der Waals surface area (Å²) in [5.74, 6) is -0.348. The number of hydrogen-bond acceptors (Lipinski definition) is 6. The monoisotopic (exact) mass is 387 g/mol. The summed E-state index contributed by atoms with van der Waals surface area (Å²) >= 11 is 9.10. The van der Waals surface area contributed by atoms with Crippen molar-refractivity contribution in [2.24, 2.45) is 5.10 Å². The quantitative estimate of drug-likeness (QED) is 0.329. The smallest absolute Gasteiger partial charge is 0.234 e. The van der Waals surface area contributed by atoms with Gasteiger partial charge in [0.2, 0.25) is 11.5 Å². The van der Waals surface area contributed by atoms with Crippen LogP contribution in [-0.2, 0) is 6.42 Å². The van der Waals surface area contributed by atoms with Crippen LogP contribution in [0.1, 0.15) is 27.2 Å². The van der Waals surface area contributed by atoms with Gasteiger partial charge < -0.3 is 0 Å². The second-order valence-corrected chi connectivity index (χ2v) is 7.75. The lowest BCUT2D eigenvalue weighted by atomic mass is 9.98. The number of rotatable bonds is 5. The Morgan fingerprint density at radius 1 is 1.44 bits per heavy atom. The molecule has 0 bridgehead atoms. The van der Waals surface area contributed by atoms with Crippen molar-refractivity contribution in [3.8, 4) is 6.07 Å². The van der Waals surface area contributed by atoms with Crippen molar-refractivity contribution in [1.29, 1.82) is 5.26 Å². The lowest BCUT2D eigenvalue weighted by Gasteiger charge is -2.08. The van der Waals surface area contributed by atoms with Gasteiger partial charge in [0.15, 0.2) is 0 Å². The molecule has 4 nitrogen and oxygen atoms in total. The standard InChI is InChI=1S/C18H14ClN3OS2/c1-24-18-12-7-3-2-6-11(12)17(25-18)16(23)15(10-20)22-21-14-9-5-4-8-13(14)19/h3-5,7-9,21H,2,6H2,1H3/b22-15-. The Bertz CT molecular complexity index is 925. The second-order valence-electron chi connectivity index (χ2n) is 5.25. The number of benzene rings is 1. The zero-order chi connectivity index (χ0) is 17.8. The number of anilines is 1. The van der Waals surface area contributed by atoms with Gasteiger partial charge in [-0.25, -0.2) is 0 Å². The maximum atomic E-state index is 12.8. The molecule has 0 saturated heterocycles. The molecule has 0 aliphatic heterocycles. The highest BCUT2D eigenvalue weighted by Crippen LogP contribution is 2.39. The summed E-state index contributed by atoms with van der Waals surface area (Å²) in [6.45, 7) is 0. The second kappa shape index (κ2) is 7.87. The Balaban J connectivity index is 1.92. The molecule has 1 aromatic heterocycles. The number of para-hydroxylation sites is 1. The van der Waals surface area contributed by atoms with Crippen molar-refractivity contribution >= 4 is 58.0 Å². The number of hydrogen-bond donors (Lipinski definition) is 1. The molecular formula is C18H14ClN3OS2. The molecule has 7 heteroatoms. The maximum Gasteiger partial charge on any atom is 0.234 e. The number of carbonyl (C=O) groups is 1. The van der Waals surface area contributed by atoms with Crippen molar-refractivity contribution in [2.45, 2.75) is 17.1 Å². The van der Waals surface area contributed by atoms with Gasteiger partial charge in [-0.05, 0) is 36.8 Å². The van der Waals surface area contributed by atoms with Crippen LogP contribution in [0.4, 0.5) is 5.69 Å². The summed E-state index contributed by atoms with van der Waals surface area (Å²) in [7, 11) is 0. The number of halogens is 1. The Morgan fingerprint density at radius 2 is 2.24 bits per heavy atom. The number of thiophene rings is 1. The van der Waals surface area contributed by atoms with Crippen molar-refractivity contribution in [2.75, 3.05) is 11.7 Å². The molecule has 0 fully saturated rings. The van der Waals surface area contributed by atoms with E-state index in [2.05, 4.69) is 22.7 Å². The Labute approximate surface area is 159 Å². The van der Waals surface area contributed by atoms with Crippen LogP contribution in [0.15, 0.2) is 39.7 Å². The third-order valence-corrected chi connectivity index (χ3v) is 6.45. The minimum atomic E-state index is -0.348. The normalized spacial score (nSPS) is 13.2. The number of fused-ring (bicyclic) bond motifs is 1. The minimum Gasteiger partial charge on any atom is -0.285 e. The van der Waals surface area contributed by atoms with E-state index in [1.165, 1.54) is 11.3 Å². The molecule has 126 valence electrons. The largest absolute Gasteiger partial charge is 0.285 e. The van der Waals surface area contributed by atoms with Gasteiger partial charge in [0.25, 0.3) is 0 Å². The number of ketones is 1. The average molecular weight is 388 g/mol. The van der Waals surface area contributed by atoms with Gasteiger partial charge >= 0.3 is 0 Å². The van der Waals surface area contributed by atoms with Gasteiger partial charge in [0.1, 0.15) is 6.07 Å². The SMILES string of the molecule is CSc1sc(C(=O)/C(C#N)=N\Nc2ccccc2Cl)c2c1C=CCC2. The van der Waals surface area contributed by atoms with E-state index in [0.29, 0.717) is 15.6 Å². The fourth-order valence-electron chi connectivity index (χ4n) is 2.54. The van der Waals surface area contributed by atoms with Crippen molar-refractivity contribution in [1.82, 2.24) is 0 Å². The maximum absolute atomic E-state index is 12.8. The van der Waals surface area contributed by atoms with Gasteiger partial charge in [0.05, 0.1) is 19.8 Å². The lowest BCUT2D eigenvalue weighted by Crippen LogP contribution is -2.15. The van der Waals surface area contributed by atoms with Gasteiger partial charge in [-0.2, -0.15) is 10.4 Å². The third-order valence-electron chi connectivity index (χ3n) is 3.73. The molecule has 0 amide bonds. The highest BCUT2D eigenvalue weighted by molar-refractivity contribution is 8.00. The Morgan fingerprint density at radius 3 is 2.96 bits per heavy atom. The third kappa shape index (κ3) is 3.64. The first-order valence-electron chi connectivity index (χ1n) is 7.55. The molecule has 25 heavy (non-hydrogen) atoms. The summed E-state index contributed by atoms with van der Waals surface area (Å²) in [6.07, 6.45) is 7.86. The molecule has 2 aromatic rings. The van der Waals surface area contributed by atoms with Crippen molar-refractivity contribution in [3.05, 3.63) is 51.4 Å². The van der Waals surface area contributed by atoms with Crippen LogP contribution in [0.3, 0.4) is 0 Å². The lowest BCUT2D eigenvalue weighted by molar-refractivity contribution is 0.107. The van der Waals surface area contributed by atoms with E-state index >= 15 is 0 Å². The first-order valence-corrected chi connectivity index (χ1v) is 9.96. The molecule has 1 heterocycles. The van der Waals surface area contributed by atoms with Crippen LogP contribution in [0.5, 0.6) is 0 Å². The summed E-state index contributed by atoms with van der Waals surface area (Å²) in [5.41, 5.74) is 5.20. The number of Topliss-reactive ketones (excluding diaryl/α,β-unsaturated/α-hetero) is 1. The van der Waals surface area contributed by atoms with Crippen LogP contribution in [-0.4, -0.2) is 17.8 Å². The number of thioether (sulfide) groups is 1. The number of nitrogens with zero attached hydrogens (tertiary/aromatic N) is 2. The van der Waals surface area contributed by atoms with E-state index in [1.54, 1.807) is 36.0 Å². The average Bonchev–Trinajstić information content (AvgIpc) is 3.02. The molecule has 0 atom stereocenters. The summed E-state index contributed by atoms with van der Waals surface area (Å²) in [4.78, 5) is 13.4. The number of nitriles is 1. The highest BCUT2D eigenvalue weighted by Gasteiger charge is 2.25. The van der Waals surface area contributed by atoms with E-state index in [9.17, 15) is 10.1 Å². The zero-order valence-corrected chi connectivity index (χ0v) is 15.8. The molecule has 0 spiro atoms. The summed E-state index contributed by atoms with van der Waals surface area (Å²) in [5, 5.41) is 13.8.